The van der Waals surface area contributed by atoms with E-state index in [2.05, 4.69) is 14.7 Å². The van der Waals surface area contributed by atoms with Crippen molar-refractivity contribution in [3.63, 3.8) is 0 Å². The van der Waals surface area contributed by atoms with Crippen molar-refractivity contribution in [1.82, 2.24) is 19.6 Å². The SMILES string of the molecule is CC(C)(C)OC(=O)N1CCC2C(C1)NS(=O)(=O)N2c1ccc2cnc(Cl)cc2n1. The predicted molar refractivity (Wildman–Crippen MR) is 109 cm³/mol. The smallest absolute Gasteiger partial charge is 0.410 e. The first-order chi connectivity index (χ1) is 13.5. The van der Waals surface area contributed by atoms with Gasteiger partial charge in [-0.1, -0.05) is 11.6 Å². The van der Waals surface area contributed by atoms with Crippen LogP contribution >= 0.6 is 11.6 Å². The number of carbonyl (C=O) groups is 1. The minimum atomic E-state index is -3.79. The van der Waals surface area contributed by atoms with Crippen LogP contribution in [0.1, 0.15) is 27.2 Å². The van der Waals surface area contributed by atoms with E-state index in [9.17, 15) is 13.2 Å². The van der Waals surface area contributed by atoms with Crippen LogP contribution < -0.4 is 9.03 Å². The lowest BCUT2D eigenvalue weighted by atomic mass is 10.0. The van der Waals surface area contributed by atoms with Crippen LogP contribution in [-0.2, 0) is 14.9 Å². The Balaban J connectivity index is 1.60. The van der Waals surface area contributed by atoms with Crippen molar-refractivity contribution in [2.75, 3.05) is 17.4 Å². The van der Waals surface area contributed by atoms with E-state index in [-0.39, 0.29) is 17.7 Å². The number of hydrogen-bond donors (Lipinski definition) is 1. The molecule has 2 aliphatic rings. The van der Waals surface area contributed by atoms with Crippen molar-refractivity contribution in [3.8, 4) is 0 Å². The molecule has 4 heterocycles. The number of nitrogens with one attached hydrogen (secondary N) is 1. The second-order valence-electron chi connectivity index (χ2n) is 8.18. The molecule has 1 N–H and O–H groups in total. The summed E-state index contributed by atoms with van der Waals surface area (Å²) < 4.78 is 35.1. The number of rotatable bonds is 1. The van der Waals surface area contributed by atoms with E-state index in [4.69, 9.17) is 16.3 Å². The van der Waals surface area contributed by atoms with Crippen LogP contribution in [0.4, 0.5) is 10.6 Å². The number of amides is 1. The van der Waals surface area contributed by atoms with Crippen molar-refractivity contribution < 1.29 is 17.9 Å². The van der Waals surface area contributed by atoms with Crippen LogP contribution in [0.5, 0.6) is 0 Å². The third-order valence-corrected chi connectivity index (χ3v) is 6.62. The van der Waals surface area contributed by atoms with E-state index in [1.54, 1.807) is 45.2 Å². The molecule has 0 aliphatic carbocycles. The minimum Gasteiger partial charge on any atom is -0.444 e. The summed E-state index contributed by atoms with van der Waals surface area (Å²) in [6, 6.07) is 4.22. The number of piperidine rings is 1. The van der Waals surface area contributed by atoms with Gasteiger partial charge in [0.2, 0.25) is 0 Å². The summed E-state index contributed by atoms with van der Waals surface area (Å²) in [5.41, 5.74) is -0.0485. The van der Waals surface area contributed by atoms with Gasteiger partial charge < -0.3 is 9.64 Å². The highest BCUT2D eigenvalue weighted by Crippen LogP contribution is 2.32. The van der Waals surface area contributed by atoms with Gasteiger partial charge in [-0.2, -0.15) is 13.1 Å². The fourth-order valence-corrected chi connectivity index (χ4v) is 5.49. The largest absolute Gasteiger partial charge is 0.444 e. The quantitative estimate of drug-likeness (QED) is 0.683. The predicted octanol–water partition coefficient (Wildman–Crippen LogP) is 2.32. The Kier molecular flexibility index (Phi) is 4.83. The van der Waals surface area contributed by atoms with Crippen molar-refractivity contribution in [2.24, 2.45) is 0 Å². The van der Waals surface area contributed by atoms with Crippen LogP contribution in [0.2, 0.25) is 5.15 Å². The van der Waals surface area contributed by atoms with Gasteiger partial charge in [0.1, 0.15) is 16.6 Å². The summed E-state index contributed by atoms with van der Waals surface area (Å²) in [5, 5.41) is 1.05. The number of halogens is 1. The number of nitrogens with zero attached hydrogens (tertiary/aromatic N) is 4. The molecule has 29 heavy (non-hydrogen) atoms. The number of pyridine rings is 2. The van der Waals surface area contributed by atoms with Crippen molar-refractivity contribution >= 4 is 44.6 Å². The number of ether oxygens (including phenoxy) is 1. The lowest BCUT2D eigenvalue weighted by Gasteiger charge is -2.36. The van der Waals surface area contributed by atoms with Gasteiger partial charge in [-0.05, 0) is 39.3 Å². The maximum absolute atomic E-state index is 12.8. The van der Waals surface area contributed by atoms with Crippen LogP contribution in [0.25, 0.3) is 10.9 Å². The van der Waals surface area contributed by atoms with Gasteiger partial charge >= 0.3 is 16.3 Å². The highest BCUT2D eigenvalue weighted by atomic mass is 35.5. The average molecular weight is 440 g/mol. The number of anilines is 1. The zero-order chi connectivity index (χ0) is 21.0. The third kappa shape index (κ3) is 3.96. The van der Waals surface area contributed by atoms with Gasteiger partial charge in [-0.15, -0.1) is 0 Å². The summed E-state index contributed by atoms with van der Waals surface area (Å²) >= 11 is 5.94. The van der Waals surface area contributed by atoms with Gasteiger partial charge in [0.05, 0.1) is 17.6 Å². The summed E-state index contributed by atoms with van der Waals surface area (Å²) in [6.07, 6.45) is 1.61. The second kappa shape index (κ2) is 6.96. The number of fused-ring (bicyclic) bond motifs is 2. The molecular formula is C18H22ClN5O4S. The Morgan fingerprint density at radius 1 is 1.34 bits per heavy atom. The Morgan fingerprint density at radius 2 is 2.10 bits per heavy atom. The number of aromatic nitrogens is 2. The zero-order valence-corrected chi connectivity index (χ0v) is 17.9. The van der Waals surface area contributed by atoms with Gasteiger partial charge in [-0.3, -0.25) is 0 Å². The van der Waals surface area contributed by atoms with Crippen LogP contribution in [0, 0.1) is 0 Å². The molecule has 2 aromatic rings. The third-order valence-electron chi connectivity index (χ3n) is 4.84. The highest BCUT2D eigenvalue weighted by Gasteiger charge is 2.48. The average Bonchev–Trinajstić information content (AvgIpc) is 2.88. The van der Waals surface area contributed by atoms with Gasteiger partial charge in [0, 0.05) is 30.7 Å². The molecule has 2 aliphatic heterocycles. The molecule has 2 atom stereocenters. The first-order valence-electron chi connectivity index (χ1n) is 9.25. The van der Waals surface area contributed by atoms with E-state index in [1.165, 1.54) is 9.21 Å². The fraction of sp³-hybridized carbons (Fsp3) is 0.500. The maximum atomic E-state index is 12.8. The molecule has 0 saturated carbocycles. The van der Waals surface area contributed by atoms with E-state index in [0.29, 0.717) is 24.3 Å². The Labute approximate surface area is 174 Å². The summed E-state index contributed by atoms with van der Waals surface area (Å²) in [6.45, 7) is 6.02. The number of hydrogen-bond acceptors (Lipinski definition) is 6. The second-order valence-corrected chi connectivity index (χ2v) is 10.1. The van der Waals surface area contributed by atoms with Crippen LogP contribution in [-0.4, -0.2) is 60.2 Å². The molecule has 0 radical (unpaired) electrons. The Morgan fingerprint density at radius 3 is 2.83 bits per heavy atom. The van der Waals surface area contributed by atoms with Crippen molar-refractivity contribution in [1.29, 1.82) is 0 Å². The van der Waals surface area contributed by atoms with E-state index < -0.39 is 27.9 Å². The minimum absolute atomic E-state index is 0.235. The van der Waals surface area contributed by atoms with Gasteiger partial charge in [0.15, 0.2) is 0 Å². The first-order valence-corrected chi connectivity index (χ1v) is 11.1. The van der Waals surface area contributed by atoms with Crippen molar-refractivity contribution in [2.45, 2.75) is 44.9 Å². The van der Waals surface area contributed by atoms with Gasteiger partial charge in [0.25, 0.3) is 0 Å². The normalized spacial score (nSPS) is 23.9. The standard InChI is InChI=1S/C18H22ClN5O4S/c1-18(2,3)28-17(25)23-7-6-14-13(10-23)22-29(26,27)24(14)16-5-4-11-9-20-15(19)8-12(11)21-16/h4-5,8-9,13-14,22H,6-7,10H2,1-3H3. The Hall–Kier alpha value is -2.17. The maximum Gasteiger partial charge on any atom is 0.410 e. The molecule has 0 spiro atoms. The topological polar surface area (TPSA) is 105 Å². The molecule has 9 nitrogen and oxygen atoms in total. The van der Waals surface area contributed by atoms with E-state index in [0.717, 1.165) is 5.39 Å². The summed E-state index contributed by atoms with van der Waals surface area (Å²) in [7, 11) is -3.79. The molecule has 2 unspecified atom stereocenters. The molecule has 2 aromatic heterocycles. The van der Waals surface area contributed by atoms with Crippen molar-refractivity contribution in [3.05, 3.63) is 29.5 Å². The number of likely N-dealkylation sites (tertiary alicyclic amines) is 1. The molecule has 2 saturated heterocycles. The number of carbonyl (C=O) groups excluding carboxylic acids is 1. The molecule has 4 rings (SSSR count). The summed E-state index contributed by atoms with van der Waals surface area (Å²) in [4.78, 5) is 22.4. The Bertz CT molecular complexity index is 1070. The first kappa shape index (κ1) is 20.1. The molecule has 11 heteroatoms. The molecule has 0 bridgehead atoms. The molecule has 156 valence electrons. The molecule has 0 aromatic carbocycles. The monoisotopic (exact) mass is 439 g/mol. The molecule has 2 fully saturated rings. The van der Waals surface area contributed by atoms with E-state index >= 15 is 0 Å². The zero-order valence-electron chi connectivity index (χ0n) is 16.3. The lowest BCUT2D eigenvalue weighted by Crippen LogP contribution is -2.53. The summed E-state index contributed by atoms with van der Waals surface area (Å²) in [5.74, 6) is 0.311. The molecular weight excluding hydrogens is 418 g/mol. The lowest BCUT2D eigenvalue weighted by molar-refractivity contribution is 0.0189. The van der Waals surface area contributed by atoms with E-state index in [1.807, 2.05) is 0 Å². The molecule has 1 amide bonds. The fourth-order valence-electron chi connectivity index (χ4n) is 3.65. The van der Waals surface area contributed by atoms with Gasteiger partial charge in [-0.25, -0.2) is 19.1 Å². The van der Waals surface area contributed by atoms with Crippen LogP contribution in [0.3, 0.4) is 0 Å². The highest BCUT2D eigenvalue weighted by molar-refractivity contribution is 7.91. The van der Waals surface area contributed by atoms with Crippen LogP contribution in [0.15, 0.2) is 24.4 Å².